The molecule has 0 aliphatic rings. The van der Waals surface area contributed by atoms with Crippen LogP contribution in [0.3, 0.4) is 0 Å². The molecule has 0 aromatic heterocycles. The van der Waals surface area contributed by atoms with E-state index in [0.29, 0.717) is 17.3 Å². The molecule has 3 aromatic carbocycles. The Balaban J connectivity index is 2.01. The van der Waals surface area contributed by atoms with E-state index in [1.54, 1.807) is 67.6 Å². The second-order valence-corrected chi connectivity index (χ2v) is 11.8. The fourth-order valence-electron chi connectivity index (χ4n) is 4.04. The number of anilines is 1. The van der Waals surface area contributed by atoms with Gasteiger partial charge in [-0.25, -0.2) is 8.42 Å². The first-order chi connectivity index (χ1) is 19.1. The Morgan fingerprint density at radius 2 is 1.70 bits per heavy atom. The van der Waals surface area contributed by atoms with Crippen LogP contribution in [0.5, 0.6) is 5.75 Å². The van der Waals surface area contributed by atoms with Crippen LogP contribution in [0.1, 0.15) is 37.8 Å². The predicted molar refractivity (Wildman–Crippen MR) is 158 cm³/mol. The Morgan fingerprint density at radius 3 is 2.33 bits per heavy atom. The number of benzene rings is 3. The van der Waals surface area contributed by atoms with Crippen LogP contribution in [0.4, 0.5) is 5.69 Å². The van der Waals surface area contributed by atoms with Crippen LogP contribution in [0.2, 0.25) is 5.02 Å². The van der Waals surface area contributed by atoms with Gasteiger partial charge < -0.3 is 15.0 Å². The summed E-state index contributed by atoms with van der Waals surface area (Å²) in [4.78, 5) is 28.4. The summed E-state index contributed by atoms with van der Waals surface area (Å²) in [7, 11) is -2.67. The quantitative estimate of drug-likeness (QED) is 0.279. The third-order valence-electron chi connectivity index (χ3n) is 6.49. The summed E-state index contributed by atoms with van der Waals surface area (Å²) in [5, 5.41) is 3.41. The number of aryl methyl sites for hydroxylation is 1. The highest BCUT2D eigenvalue weighted by atomic mass is 35.5. The molecule has 3 rings (SSSR count). The van der Waals surface area contributed by atoms with Crippen LogP contribution >= 0.6 is 11.6 Å². The van der Waals surface area contributed by atoms with Crippen molar-refractivity contribution in [3.8, 4) is 5.75 Å². The van der Waals surface area contributed by atoms with Gasteiger partial charge in [-0.15, -0.1) is 0 Å². The molecular weight excluding hydrogens is 550 g/mol. The molecule has 0 unspecified atom stereocenters. The lowest BCUT2D eigenvalue weighted by molar-refractivity contribution is -0.139. The van der Waals surface area contributed by atoms with Gasteiger partial charge in [-0.1, -0.05) is 60.8 Å². The minimum Gasteiger partial charge on any atom is -0.497 e. The molecule has 0 radical (unpaired) electrons. The molecule has 0 heterocycles. The van der Waals surface area contributed by atoms with Crippen molar-refractivity contribution in [2.75, 3.05) is 24.5 Å². The zero-order valence-electron chi connectivity index (χ0n) is 23.3. The molecule has 40 heavy (non-hydrogen) atoms. The van der Waals surface area contributed by atoms with E-state index in [1.165, 1.54) is 24.1 Å². The minimum absolute atomic E-state index is 0.0447. The Bertz CT molecular complexity index is 1400. The van der Waals surface area contributed by atoms with Gasteiger partial charge in [0.1, 0.15) is 18.3 Å². The topological polar surface area (TPSA) is 96.0 Å². The molecule has 0 aliphatic carbocycles. The lowest BCUT2D eigenvalue weighted by atomic mass is 10.1. The van der Waals surface area contributed by atoms with Crippen molar-refractivity contribution in [3.05, 3.63) is 88.9 Å². The van der Waals surface area contributed by atoms with E-state index in [9.17, 15) is 18.0 Å². The summed E-state index contributed by atoms with van der Waals surface area (Å²) in [6.07, 6.45) is 1.72. The largest absolute Gasteiger partial charge is 0.497 e. The van der Waals surface area contributed by atoms with Gasteiger partial charge in [-0.3, -0.25) is 13.9 Å². The zero-order valence-corrected chi connectivity index (χ0v) is 24.8. The van der Waals surface area contributed by atoms with E-state index in [2.05, 4.69) is 5.32 Å². The first-order valence-corrected chi connectivity index (χ1v) is 14.9. The third kappa shape index (κ3) is 7.99. The van der Waals surface area contributed by atoms with Gasteiger partial charge in [0, 0.05) is 24.2 Å². The van der Waals surface area contributed by atoms with Crippen molar-refractivity contribution in [2.45, 2.75) is 51.1 Å². The molecule has 0 spiro atoms. The van der Waals surface area contributed by atoms with Gasteiger partial charge >= 0.3 is 0 Å². The van der Waals surface area contributed by atoms with E-state index in [-0.39, 0.29) is 23.0 Å². The Labute approximate surface area is 241 Å². The molecule has 10 heteroatoms. The predicted octanol–water partition coefficient (Wildman–Crippen LogP) is 5.19. The molecule has 1 N–H and O–H groups in total. The highest BCUT2D eigenvalue weighted by Crippen LogP contribution is 2.28. The number of nitrogens with one attached hydrogen (secondary N) is 1. The Kier molecular flexibility index (Phi) is 11.0. The summed E-state index contributed by atoms with van der Waals surface area (Å²) in [6.45, 7) is 5.58. The molecule has 214 valence electrons. The van der Waals surface area contributed by atoms with Crippen LogP contribution < -0.4 is 14.4 Å². The first-order valence-electron chi connectivity index (χ1n) is 13.1. The van der Waals surface area contributed by atoms with Gasteiger partial charge in [-0.2, -0.15) is 0 Å². The molecule has 3 aromatic rings. The van der Waals surface area contributed by atoms with Crippen molar-refractivity contribution in [1.29, 1.82) is 0 Å². The molecular formula is C30H36ClN3O5S. The minimum atomic E-state index is -4.15. The monoisotopic (exact) mass is 585 g/mol. The number of carbonyl (C=O) groups is 2. The molecule has 0 bridgehead atoms. The highest BCUT2D eigenvalue weighted by molar-refractivity contribution is 7.92. The summed E-state index contributed by atoms with van der Waals surface area (Å²) in [5.74, 6) is -0.410. The van der Waals surface area contributed by atoms with Gasteiger partial charge in [0.2, 0.25) is 11.8 Å². The fourth-order valence-corrected chi connectivity index (χ4v) is 5.57. The third-order valence-corrected chi connectivity index (χ3v) is 8.53. The summed E-state index contributed by atoms with van der Waals surface area (Å²) in [5.41, 5.74) is 1.92. The van der Waals surface area contributed by atoms with Gasteiger partial charge in [0.05, 0.1) is 17.7 Å². The van der Waals surface area contributed by atoms with Crippen molar-refractivity contribution < 1.29 is 22.7 Å². The summed E-state index contributed by atoms with van der Waals surface area (Å²) in [6, 6.07) is 19.0. The number of amides is 2. The number of ether oxygens (including phenoxy) is 1. The van der Waals surface area contributed by atoms with Crippen LogP contribution in [0.15, 0.2) is 77.7 Å². The van der Waals surface area contributed by atoms with Crippen molar-refractivity contribution in [1.82, 2.24) is 10.2 Å². The van der Waals surface area contributed by atoms with E-state index < -0.39 is 28.5 Å². The molecule has 8 nitrogen and oxygen atoms in total. The number of hydrogen-bond donors (Lipinski definition) is 1. The molecule has 2 amide bonds. The van der Waals surface area contributed by atoms with Crippen LogP contribution in [-0.4, -0.2) is 51.4 Å². The zero-order chi connectivity index (χ0) is 29.3. The number of carbonyl (C=O) groups excluding carboxylic acids is 2. The van der Waals surface area contributed by atoms with E-state index >= 15 is 0 Å². The Hall–Kier alpha value is -3.56. The number of unbranched alkanes of at least 4 members (excludes halogenated alkanes) is 1. The van der Waals surface area contributed by atoms with Crippen LogP contribution in [0, 0.1) is 6.92 Å². The Morgan fingerprint density at radius 1 is 1.02 bits per heavy atom. The average Bonchev–Trinajstić information content (AvgIpc) is 2.95. The highest BCUT2D eigenvalue weighted by Gasteiger charge is 2.32. The van der Waals surface area contributed by atoms with Crippen LogP contribution in [0.25, 0.3) is 0 Å². The van der Waals surface area contributed by atoms with Crippen molar-refractivity contribution in [3.63, 3.8) is 0 Å². The number of hydrogen-bond acceptors (Lipinski definition) is 5. The SMILES string of the molecule is CCCCNC(=O)[C@H](C)N(Cc1ccc(Cl)cc1)C(=O)CN(c1cccc(OC)c1)S(=O)(=O)c1ccc(C)cc1. The molecule has 0 saturated carbocycles. The van der Waals surface area contributed by atoms with Crippen LogP contribution in [-0.2, 0) is 26.2 Å². The lowest BCUT2D eigenvalue weighted by Crippen LogP contribution is -2.51. The maximum Gasteiger partial charge on any atom is 0.264 e. The van der Waals surface area contributed by atoms with Gasteiger partial charge in [0.25, 0.3) is 10.0 Å². The summed E-state index contributed by atoms with van der Waals surface area (Å²) >= 11 is 6.05. The van der Waals surface area contributed by atoms with E-state index in [4.69, 9.17) is 16.3 Å². The van der Waals surface area contributed by atoms with Crippen molar-refractivity contribution >= 4 is 39.1 Å². The number of rotatable bonds is 13. The molecule has 0 saturated heterocycles. The second-order valence-electron chi connectivity index (χ2n) is 9.49. The molecule has 0 aliphatic heterocycles. The van der Waals surface area contributed by atoms with Gasteiger partial charge in [0.15, 0.2) is 0 Å². The standard InChI is InChI=1S/C30H36ClN3O5S/c1-5-6-18-32-30(36)23(3)33(20-24-12-14-25(31)15-13-24)29(35)21-34(26-8-7-9-27(19-26)39-4)40(37,38)28-16-10-22(2)11-17-28/h7-17,19,23H,5-6,18,20-21H2,1-4H3,(H,32,36)/t23-/m0/s1. The normalized spacial score (nSPS) is 11.9. The fraction of sp³-hybridized carbons (Fsp3) is 0.333. The number of nitrogens with zero attached hydrogens (tertiary/aromatic N) is 2. The molecule has 1 atom stereocenters. The number of sulfonamides is 1. The van der Waals surface area contributed by atoms with E-state index in [1.807, 2.05) is 13.8 Å². The maximum atomic E-state index is 13.9. The molecule has 0 fully saturated rings. The lowest BCUT2D eigenvalue weighted by Gasteiger charge is -2.32. The average molecular weight is 586 g/mol. The summed E-state index contributed by atoms with van der Waals surface area (Å²) < 4.78 is 34.2. The number of methoxy groups -OCH3 is 1. The number of halogens is 1. The van der Waals surface area contributed by atoms with E-state index in [0.717, 1.165) is 28.3 Å². The second kappa shape index (κ2) is 14.2. The van der Waals surface area contributed by atoms with Crippen molar-refractivity contribution in [2.24, 2.45) is 0 Å². The maximum absolute atomic E-state index is 13.9. The first kappa shape index (κ1) is 31.0. The smallest absolute Gasteiger partial charge is 0.264 e. The van der Waals surface area contributed by atoms with Gasteiger partial charge in [-0.05, 0) is 62.2 Å².